The Labute approximate surface area is 170 Å². The quantitative estimate of drug-likeness (QED) is 0.603. The first-order chi connectivity index (χ1) is 14.1. The SMILES string of the molecule is COc1cccc(CCC(=O)Nc2ccc(Oc3ccc(C#N)cc3)cc2C)c1. The summed E-state index contributed by atoms with van der Waals surface area (Å²) in [6.45, 7) is 1.92. The lowest BCUT2D eigenvalue weighted by Gasteiger charge is -2.11. The smallest absolute Gasteiger partial charge is 0.224 e. The highest BCUT2D eigenvalue weighted by Crippen LogP contribution is 2.26. The van der Waals surface area contributed by atoms with Crippen molar-refractivity contribution >= 4 is 11.6 Å². The lowest BCUT2D eigenvalue weighted by Crippen LogP contribution is -2.13. The number of nitrogens with zero attached hydrogens (tertiary/aromatic N) is 1. The molecular weight excluding hydrogens is 364 g/mol. The van der Waals surface area contributed by atoms with E-state index in [1.165, 1.54) is 0 Å². The fourth-order valence-electron chi connectivity index (χ4n) is 2.87. The monoisotopic (exact) mass is 386 g/mol. The van der Waals surface area contributed by atoms with Crippen molar-refractivity contribution in [2.24, 2.45) is 0 Å². The summed E-state index contributed by atoms with van der Waals surface area (Å²) in [6, 6.07) is 22.2. The van der Waals surface area contributed by atoms with Crippen molar-refractivity contribution < 1.29 is 14.3 Å². The Hall–Kier alpha value is -3.78. The van der Waals surface area contributed by atoms with Gasteiger partial charge in [-0.05, 0) is 79.1 Å². The number of carbonyl (C=O) groups is 1. The van der Waals surface area contributed by atoms with Gasteiger partial charge in [-0.1, -0.05) is 12.1 Å². The molecule has 0 aliphatic rings. The second-order valence-corrected chi connectivity index (χ2v) is 6.61. The number of methoxy groups -OCH3 is 1. The van der Waals surface area contributed by atoms with Crippen LogP contribution in [0.15, 0.2) is 66.7 Å². The van der Waals surface area contributed by atoms with E-state index in [-0.39, 0.29) is 5.91 Å². The van der Waals surface area contributed by atoms with Crippen LogP contribution < -0.4 is 14.8 Å². The third kappa shape index (κ3) is 5.60. The van der Waals surface area contributed by atoms with E-state index < -0.39 is 0 Å². The van der Waals surface area contributed by atoms with E-state index in [4.69, 9.17) is 14.7 Å². The van der Waals surface area contributed by atoms with Gasteiger partial charge in [0.1, 0.15) is 17.2 Å². The lowest BCUT2D eigenvalue weighted by molar-refractivity contribution is -0.116. The van der Waals surface area contributed by atoms with Gasteiger partial charge < -0.3 is 14.8 Å². The molecule has 0 aliphatic carbocycles. The number of hydrogen-bond donors (Lipinski definition) is 1. The maximum Gasteiger partial charge on any atom is 0.224 e. The summed E-state index contributed by atoms with van der Waals surface area (Å²) in [5, 5.41) is 11.8. The molecule has 0 fully saturated rings. The minimum Gasteiger partial charge on any atom is -0.497 e. The molecule has 0 heterocycles. The van der Waals surface area contributed by atoms with Crippen LogP contribution in [0.4, 0.5) is 5.69 Å². The van der Waals surface area contributed by atoms with Crippen molar-refractivity contribution in [1.82, 2.24) is 0 Å². The molecule has 3 aromatic carbocycles. The van der Waals surface area contributed by atoms with Gasteiger partial charge in [0.25, 0.3) is 0 Å². The van der Waals surface area contributed by atoms with Gasteiger partial charge in [-0.2, -0.15) is 5.26 Å². The number of carbonyl (C=O) groups excluding carboxylic acids is 1. The van der Waals surface area contributed by atoms with Crippen molar-refractivity contribution in [3.8, 4) is 23.3 Å². The minimum atomic E-state index is -0.0447. The summed E-state index contributed by atoms with van der Waals surface area (Å²) in [5.74, 6) is 2.06. The van der Waals surface area contributed by atoms with E-state index in [0.717, 1.165) is 22.6 Å². The van der Waals surface area contributed by atoms with Crippen LogP contribution in [0.3, 0.4) is 0 Å². The summed E-state index contributed by atoms with van der Waals surface area (Å²) in [5.41, 5.74) is 3.31. The van der Waals surface area contributed by atoms with E-state index in [1.54, 1.807) is 31.4 Å². The molecule has 3 rings (SSSR count). The molecule has 0 saturated carbocycles. The standard InChI is InChI=1S/C24H22N2O3/c1-17-14-22(29-20-9-6-19(16-25)7-10-20)11-12-23(17)26-24(27)13-8-18-4-3-5-21(15-18)28-2/h3-7,9-12,14-15H,8,13H2,1-2H3,(H,26,27). The molecule has 0 saturated heterocycles. The molecule has 0 atom stereocenters. The highest BCUT2D eigenvalue weighted by atomic mass is 16.5. The summed E-state index contributed by atoms with van der Waals surface area (Å²) in [7, 11) is 1.63. The second-order valence-electron chi connectivity index (χ2n) is 6.61. The van der Waals surface area contributed by atoms with Crippen LogP contribution in [-0.2, 0) is 11.2 Å². The Kier molecular flexibility index (Phi) is 6.49. The molecule has 146 valence electrons. The van der Waals surface area contributed by atoms with Crippen LogP contribution in [0.1, 0.15) is 23.1 Å². The maximum absolute atomic E-state index is 12.3. The molecule has 0 unspecified atom stereocenters. The van der Waals surface area contributed by atoms with Crippen LogP contribution in [0, 0.1) is 18.3 Å². The molecule has 5 nitrogen and oxygen atoms in total. The van der Waals surface area contributed by atoms with E-state index >= 15 is 0 Å². The van der Waals surface area contributed by atoms with Gasteiger partial charge in [-0.25, -0.2) is 0 Å². The normalized spacial score (nSPS) is 10.1. The van der Waals surface area contributed by atoms with Crippen molar-refractivity contribution in [3.63, 3.8) is 0 Å². The van der Waals surface area contributed by atoms with Crippen LogP contribution >= 0.6 is 0 Å². The summed E-state index contributed by atoms with van der Waals surface area (Å²) < 4.78 is 11.0. The predicted molar refractivity (Wildman–Crippen MR) is 112 cm³/mol. The second kappa shape index (κ2) is 9.43. The number of amides is 1. The number of ether oxygens (including phenoxy) is 2. The van der Waals surface area contributed by atoms with E-state index in [2.05, 4.69) is 11.4 Å². The fraction of sp³-hybridized carbons (Fsp3) is 0.167. The Balaban J connectivity index is 1.57. The zero-order valence-corrected chi connectivity index (χ0v) is 16.4. The molecule has 3 aromatic rings. The van der Waals surface area contributed by atoms with Crippen molar-refractivity contribution in [2.75, 3.05) is 12.4 Å². The molecule has 0 radical (unpaired) electrons. The zero-order chi connectivity index (χ0) is 20.6. The van der Waals surface area contributed by atoms with Crippen molar-refractivity contribution in [1.29, 1.82) is 5.26 Å². The van der Waals surface area contributed by atoms with Crippen LogP contribution in [0.5, 0.6) is 17.2 Å². The first kappa shape index (κ1) is 20.0. The fourth-order valence-corrected chi connectivity index (χ4v) is 2.87. The molecule has 0 bridgehead atoms. The van der Waals surface area contributed by atoms with Gasteiger partial charge in [0.05, 0.1) is 18.7 Å². The average Bonchev–Trinajstić information content (AvgIpc) is 2.75. The third-order valence-corrected chi connectivity index (χ3v) is 4.47. The first-order valence-corrected chi connectivity index (χ1v) is 9.29. The van der Waals surface area contributed by atoms with Gasteiger partial charge in [0.2, 0.25) is 5.91 Å². The molecule has 0 aromatic heterocycles. The molecular formula is C24H22N2O3. The molecule has 0 spiro atoms. The zero-order valence-electron chi connectivity index (χ0n) is 16.4. The summed E-state index contributed by atoms with van der Waals surface area (Å²) >= 11 is 0. The topological polar surface area (TPSA) is 71.3 Å². The average molecular weight is 386 g/mol. The Morgan fingerprint density at radius 1 is 1.00 bits per heavy atom. The van der Waals surface area contributed by atoms with Gasteiger partial charge in [-0.15, -0.1) is 0 Å². The summed E-state index contributed by atoms with van der Waals surface area (Å²) in [6.07, 6.45) is 1.03. The first-order valence-electron chi connectivity index (χ1n) is 9.29. The van der Waals surface area contributed by atoms with E-state index in [0.29, 0.717) is 29.9 Å². The number of benzene rings is 3. The lowest BCUT2D eigenvalue weighted by atomic mass is 10.1. The highest BCUT2D eigenvalue weighted by molar-refractivity contribution is 5.91. The van der Waals surface area contributed by atoms with Crippen LogP contribution in [0.2, 0.25) is 0 Å². The van der Waals surface area contributed by atoms with E-state index in [1.807, 2.05) is 49.4 Å². The van der Waals surface area contributed by atoms with Crippen molar-refractivity contribution in [2.45, 2.75) is 19.8 Å². The number of nitrogens with one attached hydrogen (secondary N) is 1. The molecule has 1 amide bonds. The number of anilines is 1. The number of rotatable bonds is 7. The largest absolute Gasteiger partial charge is 0.497 e. The number of aryl methyl sites for hydroxylation is 2. The van der Waals surface area contributed by atoms with Crippen LogP contribution in [0.25, 0.3) is 0 Å². The summed E-state index contributed by atoms with van der Waals surface area (Å²) in [4.78, 5) is 12.3. The highest BCUT2D eigenvalue weighted by Gasteiger charge is 2.08. The molecule has 29 heavy (non-hydrogen) atoms. The Morgan fingerprint density at radius 2 is 1.76 bits per heavy atom. The molecule has 1 N–H and O–H groups in total. The maximum atomic E-state index is 12.3. The molecule has 0 aliphatic heterocycles. The predicted octanol–water partition coefficient (Wildman–Crippen LogP) is 5.24. The van der Waals surface area contributed by atoms with Gasteiger partial charge in [0.15, 0.2) is 0 Å². The van der Waals surface area contributed by atoms with Gasteiger partial charge >= 0.3 is 0 Å². The van der Waals surface area contributed by atoms with E-state index in [9.17, 15) is 4.79 Å². The Morgan fingerprint density at radius 3 is 2.45 bits per heavy atom. The van der Waals surface area contributed by atoms with Crippen molar-refractivity contribution in [3.05, 3.63) is 83.4 Å². The third-order valence-electron chi connectivity index (χ3n) is 4.47. The Bertz CT molecular complexity index is 1040. The van der Waals surface area contributed by atoms with Crippen LogP contribution in [-0.4, -0.2) is 13.0 Å². The number of hydrogen-bond acceptors (Lipinski definition) is 4. The minimum absolute atomic E-state index is 0.0447. The molecule has 5 heteroatoms. The van der Waals surface area contributed by atoms with Gasteiger partial charge in [-0.3, -0.25) is 4.79 Å². The number of nitriles is 1. The van der Waals surface area contributed by atoms with Gasteiger partial charge in [0, 0.05) is 12.1 Å².